The Morgan fingerprint density at radius 1 is 1.53 bits per heavy atom. The van der Waals surface area contributed by atoms with Gasteiger partial charge in [0.1, 0.15) is 6.04 Å². The Labute approximate surface area is 103 Å². The van der Waals surface area contributed by atoms with Gasteiger partial charge in [-0.25, -0.2) is 0 Å². The molecule has 1 rings (SSSR count). The predicted molar refractivity (Wildman–Crippen MR) is 66.2 cm³/mol. The van der Waals surface area contributed by atoms with Crippen LogP contribution in [0.3, 0.4) is 0 Å². The molecule has 17 heavy (non-hydrogen) atoms. The van der Waals surface area contributed by atoms with E-state index in [-0.39, 0.29) is 6.61 Å². The summed E-state index contributed by atoms with van der Waals surface area (Å²) in [6.07, 6.45) is 2.31. The smallest absolute Gasteiger partial charge is 0.323 e. The first-order valence-electron chi connectivity index (χ1n) is 6.15. The van der Waals surface area contributed by atoms with Gasteiger partial charge >= 0.3 is 5.97 Å². The Morgan fingerprint density at radius 3 is 2.59 bits per heavy atom. The summed E-state index contributed by atoms with van der Waals surface area (Å²) in [6.45, 7) is 3.31. The minimum atomic E-state index is -0.803. The van der Waals surface area contributed by atoms with Gasteiger partial charge in [0.15, 0.2) is 0 Å². The van der Waals surface area contributed by atoms with Gasteiger partial charge in [-0.15, -0.1) is 0 Å². The zero-order valence-corrected chi connectivity index (χ0v) is 11.1. The molecule has 0 aromatic rings. The van der Waals surface area contributed by atoms with Crippen LogP contribution in [0.1, 0.15) is 12.8 Å². The van der Waals surface area contributed by atoms with Gasteiger partial charge in [0, 0.05) is 13.7 Å². The van der Waals surface area contributed by atoms with Crippen molar-refractivity contribution in [2.75, 3.05) is 47.4 Å². The highest BCUT2D eigenvalue weighted by Gasteiger charge is 2.26. The molecule has 0 aromatic heterocycles. The molecule has 0 aromatic carbocycles. The van der Waals surface area contributed by atoms with E-state index in [1.807, 2.05) is 11.9 Å². The number of hydrogen-bond donors (Lipinski definition) is 1. The number of aliphatic carboxylic acids is 1. The normalized spacial score (nSPS) is 20.7. The molecule has 5 nitrogen and oxygen atoms in total. The van der Waals surface area contributed by atoms with Crippen molar-refractivity contribution in [2.24, 2.45) is 5.92 Å². The molecule has 1 atom stereocenters. The highest BCUT2D eigenvalue weighted by molar-refractivity contribution is 5.73. The molecule has 0 radical (unpaired) electrons. The van der Waals surface area contributed by atoms with Crippen molar-refractivity contribution in [1.29, 1.82) is 0 Å². The molecule has 0 spiro atoms. The molecule has 1 unspecified atom stereocenters. The number of hydrogen-bond acceptors (Lipinski definition) is 4. The fourth-order valence-electron chi connectivity index (χ4n) is 2.32. The van der Waals surface area contributed by atoms with Gasteiger partial charge in [0.2, 0.25) is 0 Å². The van der Waals surface area contributed by atoms with Crippen molar-refractivity contribution in [1.82, 2.24) is 9.80 Å². The summed E-state index contributed by atoms with van der Waals surface area (Å²) in [5, 5.41) is 9.12. The van der Waals surface area contributed by atoms with Crippen molar-refractivity contribution in [2.45, 2.75) is 18.9 Å². The summed E-state index contributed by atoms with van der Waals surface area (Å²) in [5.41, 5.74) is 0. The molecule has 100 valence electrons. The average molecular weight is 244 g/mol. The second kappa shape index (κ2) is 6.93. The summed E-state index contributed by atoms with van der Waals surface area (Å²) in [7, 11) is 5.54. The van der Waals surface area contributed by atoms with Crippen molar-refractivity contribution in [3.63, 3.8) is 0 Å². The monoisotopic (exact) mass is 244 g/mol. The van der Waals surface area contributed by atoms with Gasteiger partial charge < -0.3 is 14.7 Å². The Balaban J connectivity index is 2.40. The lowest BCUT2D eigenvalue weighted by Gasteiger charge is -2.33. The van der Waals surface area contributed by atoms with Gasteiger partial charge in [-0.3, -0.25) is 9.69 Å². The fraction of sp³-hybridized carbons (Fsp3) is 0.917. The number of methoxy groups -OCH3 is 1. The standard InChI is InChI=1S/C12H24N2O3/c1-13-6-4-10(5-7-13)8-14(2)11(9-17-3)12(15)16/h10-11H,4-9H2,1-3H3,(H,15,16). The fourth-order valence-corrected chi connectivity index (χ4v) is 2.32. The first-order valence-corrected chi connectivity index (χ1v) is 6.15. The Morgan fingerprint density at radius 2 is 2.12 bits per heavy atom. The maximum absolute atomic E-state index is 11.1. The molecular formula is C12H24N2O3. The van der Waals surface area contributed by atoms with Crippen LogP contribution in [-0.4, -0.2) is 74.4 Å². The lowest BCUT2D eigenvalue weighted by atomic mass is 9.96. The first kappa shape index (κ1) is 14.4. The highest BCUT2D eigenvalue weighted by atomic mass is 16.5. The van der Waals surface area contributed by atoms with Crippen LogP contribution < -0.4 is 0 Å². The Kier molecular flexibility index (Phi) is 5.88. The average Bonchev–Trinajstić information content (AvgIpc) is 2.28. The van der Waals surface area contributed by atoms with Gasteiger partial charge in [-0.05, 0) is 45.9 Å². The second-order valence-electron chi connectivity index (χ2n) is 5.00. The number of carbonyl (C=O) groups is 1. The number of ether oxygens (including phenoxy) is 1. The molecule has 1 fully saturated rings. The number of rotatable bonds is 6. The van der Waals surface area contributed by atoms with Crippen LogP contribution in [0.15, 0.2) is 0 Å². The summed E-state index contributed by atoms with van der Waals surface area (Å²) in [5.74, 6) is -0.197. The van der Waals surface area contributed by atoms with Crippen molar-refractivity contribution >= 4 is 5.97 Å². The number of nitrogens with zero attached hydrogens (tertiary/aromatic N) is 2. The minimum Gasteiger partial charge on any atom is -0.480 e. The Bertz CT molecular complexity index is 240. The van der Waals surface area contributed by atoms with Gasteiger partial charge in [-0.2, -0.15) is 0 Å². The second-order valence-corrected chi connectivity index (χ2v) is 5.00. The van der Waals surface area contributed by atoms with Gasteiger partial charge in [0.05, 0.1) is 6.61 Å². The van der Waals surface area contributed by atoms with E-state index >= 15 is 0 Å². The van der Waals surface area contributed by atoms with Crippen LogP contribution in [0.25, 0.3) is 0 Å². The predicted octanol–water partition coefficient (Wildman–Crippen LogP) is 0.360. The number of carboxylic acids is 1. The van der Waals surface area contributed by atoms with E-state index in [1.165, 1.54) is 0 Å². The Hall–Kier alpha value is -0.650. The van der Waals surface area contributed by atoms with E-state index in [9.17, 15) is 4.79 Å². The topological polar surface area (TPSA) is 53.0 Å². The molecule has 1 saturated heterocycles. The summed E-state index contributed by atoms with van der Waals surface area (Å²) < 4.78 is 4.96. The lowest BCUT2D eigenvalue weighted by Crippen LogP contribution is -2.45. The van der Waals surface area contributed by atoms with E-state index in [2.05, 4.69) is 11.9 Å². The zero-order chi connectivity index (χ0) is 12.8. The third kappa shape index (κ3) is 4.61. The van der Waals surface area contributed by atoms with Crippen LogP contribution in [0.2, 0.25) is 0 Å². The van der Waals surface area contributed by atoms with E-state index in [4.69, 9.17) is 9.84 Å². The minimum absolute atomic E-state index is 0.248. The maximum atomic E-state index is 11.1. The molecule has 0 bridgehead atoms. The van der Waals surface area contributed by atoms with E-state index in [0.29, 0.717) is 5.92 Å². The third-order valence-corrected chi connectivity index (χ3v) is 3.53. The molecule has 5 heteroatoms. The molecule has 0 aliphatic carbocycles. The summed E-state index contributed by atoms with van der Waals surface area (Å²) >= 11 is 0. The first-order chi connectivity index (χ1) is 8.04. The number of likely N-dealkylation sites (N-methyl/N-ethyl adjacent to an activating group) is 1. The molecule has 1 heterocycles. The SMILES string of the molecule is COCC(C(=O)O)N(C)CC1CCN(C)CC1. The van der Waals surface area contributed by atoms with E-state index < -0.39 is 12.0 Å². The van der Waals surface area contributed by atoms with Crippen molar-refractivity contribution in [3.05, 3.63) is 0 Å². The van der Waals surface area contributed by atoms with Crippen LogP contribution in [0, 0.1) is 5.92 Å². The maximum Gasteiger partial charge on any atom is 0.323 e. The third-order valence-electron chi connectivity index (χ3n) is 3.53. The van der Waals surface area contributed by atoms with E-state index in [1.54, 1.807) is 7.11 Å². The van der Waals surface area contributed by atoms with Crippen LogP contribution in [0.5, 0.6) is 0 Å². The van der Waals surface area contributed by atoms with E-state index in [0.717, 1.165) is 32.5 Å². The quantitative estimate of drug-likeness (QED) is 0.731. The van der Waals surface area contributed by atoms with Crippen molar-refractivity contribution < 1.29 is 14.6 Å². The van der Waals surface area contributed by atoms with Gasteiger partial charge in [-0.1, -0.05) is 0 Å². The highest BCUT2D eigenvalue weighted by Crippen LogP contribution is 2.17. The van der Waals surface area contributed by atoms with Crippen LogP contribution in [0.4, 0.5) is 0 Å². The molecule has 1 N–H and O–H groups in total. The van der Waals surface area contributed by atoms with Crippen molar-refractivity contribution in [3.8, 4) is 0 Å². The number of carboxylic acid groups (broad SMARTS) is 1. The summed E-state index contributed by atoms with van der Waals surface area (Å²) in [4.78, 5) is 15.3. The molecule has 1 aliphatic rings. The number of piperidine rings is 1. The molecule has 0 amide bonds. The molecular weight excluding hydrogens is 220 g/mol. The zero-order valence-electron chi connectivity index (χ0n) is 11.1. The number of likely N-dealkylation sites (tertiary alicyclic amines) is 1. The van der Waals surface area contributed by atoms with Crippen LogP contribution in [-0.2, 0) is 9.53 Å². The summed E-state index contributed by atoms with van der Waals surface area (Å²) in [6, 6.07) is -0.528. The molecule has 0 saturated carbocycles. The van der Waals surface area contributed by atoms with Crippen LogP contribution >= 0.6 is 0 Å². The molecule has 1 aliphatic heterocycles. The largest absolute Gasteiger partial charge is 0.480 e. The van der Waals surface area contributed by atoms with Gasteiger partial charge in [0.25, 0.3) is 0 Å². The lowest BCUT2D eigenvalue weighted by molar-refractivity contribution is -0.145.